The van der Waals surface area contributed by atoms with Crippen LogP contribution in [0.15, 0.2) is 17.2 Å². The van der Waals surface area contributed by atoms with E-state index in [1.54, 1.807) is 0 Å². The average Bonchev–Trinajstić information content (AvgIpc) is 2.24. The molecule has 10 heteroatoms. The summed E-state index contributed by atoms with van der Waals surface area (Å²) in [7, 11) is 1.25. The van der Waals surface area contributed by atoms with Crippen LogP contribution in [0, 0.1) is 0 Å². The molecule has 0 spiro atoms. The third-order valence-electron chi connectivity index (χ3n) is 1.79. The quantitative estimate of drug-likeness (QED) is 0.615. The van der Waals surface area contributed by atoms with E-state index in [0.717, 1.165) is 7.11 Å². The molecule has 100 valence electrons. The molecular weight excluding hydrogens is 299 g/mol. The molecule has 0 saturated carbocycles. The molecule has 0 N–H and O–H groups in total. The number of ether oxygens (including phenoxy) is 1. The Morgan fingerprint density at radius 1 is 1.39 bits per heavy atom. The van der Waals surface area contributed by atoms with Crippen molar-refractivity contribution in [3.8, 4) is 0 Å². The van der Waals surface area contributed by atoms with Crippen LogP contribution in [0.4, 0.5) is 13.2 Å². The van der Waals surface area contributed by atoms with Gasteiger partial charge in [0.05, 0.1) is 12.7 Å². The fourth-order valence-electron chi connectivity index (χ4n) is 1.05. The molecule has 0 aliphatic carbocycles. The van der Waals surface area contributed by atoms with Gasteiger partial charge in [-0.15, -0.1) is 0 Å². The standard InChI is InChI=1S/C8H5ClF3NO4S/c1-17-7(14)4-2-3-5(8(10,11)12)13-6(4)18(9,15)16/h2-3H,1H3. The molecule has 0 radical (unpaired) electrons. The van der Waals surface area contributed by atoms with Gasteiger partial charge in [-0.05, 0) is 12.1 Å². The van der Waals surface area contributed by atoms with Crippen LogP contribution >= 0.6 is 10.7 Å². The highest BCUT2D eigenvalue weighted by Crippen LogP contribution is 2.30. The summed E-state index contributed by atoms with van der Waals surface area (Å²) in [6.07, 6.45) is -4.86. The molecule has 1 heterocycles. The van der Waals surface area contributed by atoms with Gasteiger partial charge >= 0.3 is 12.1 Å². The van der Waals surface area contributed by atoms with Gasteiger partial charge in [0.2, 0.25) is 0 Å². The molecule has 0 bridgehead atoms. The number of methoxy groups -OCH3 is 1. The SMILES string of the molecule is COC(=O)c1ccc(C(F)(F)F)nc1S(=O)(=O)Cl. The lowest BCUT2D eigenvalue weighted by Gasteiger charge is -2.09. The predicted molar refractivity (Wildman–Crippen MR) is 53.6 cm³/mol. The molecule has 1 rings (SSSR count). The minimum absolute atomic E-state index is 0.456. The van der Waals surface area contributed by atoms with E-state index in [4.69, 9.17) is 10.7 Å². The summed E-state index contributed by atoms with van der Waals surface area (Å²) < 4.78 is 63.4. The maximum atomic E-state index is 12.4. The minimum Gasteiger partial charge on any atom is -0.465 e. The predicted octanol–water partition coefficient (Wildman–Crippen LogP) is 1.81. The second-order valence-corrected chi connectivity index (χ2v) is 5.46. The smallest absolute Gasteiger partial charge is 0.433 e. The molecule has 0 saturated heterocycles. The van der Waals surface area contributed by atoms with Crippen LogP contribution < -0.4 is 0 Å². The summed E-state index contributed by atoms with van der Waals surface area (Å²) in [5.74, 6) is -1.16. The van der Waals surface area contributed by atoms with E-state index in [2.05, 4.69) is 9.72 Å². The van der Waals surface area contributed by atoms with E-state index >= 15 is 0 Å². The van der Waals surface area contributed by atoms with E-state index in [1.807, 2.05) is 0 Å². The van der Waals surface area contributed by atoms with E-state index in [-0.39, 0.29) is 0 Å². The molecule has 1 aromatic rings. The number of rotatable bonds is 2. The zero-order valence-corrected chi connectivity index (χ0v) is 10.2. The van der Waals surface area contributed by atoms with Gasteiger partial charge in [-0.1, -0.05) is 0 Å². The van der Waals surface area contributed by atoms with Gasteiger partial charge in [-0.25, -0.2) is 18.2 Å². The van der Waals surface area contributed by atoms with Crippen LogP contribution in [0.2, 0.25) is 0 Å². The monoisotopic (exact) mass is 303 g/mol. The number of carbonyl (C=O) groups is 1. The Morgan fingerprint density at radius 2 is 1.94 bits per heavy atom. The maximum absolute atomic E-state index is 12.4. The number of hydrogen-bond acceptors (Lipinski definition) is 5. The zero-order chi connectivity index (χ0) is 14.1. The van der Waals surface area contributed by atoms with Crippen LogP contribution in [0.1, 0.15) is 16.1 Å². The minimum atomic E-state index is -4.86. The molecule has 1 aromatic heterocycles. The van der Waals surface area contributed by atoms with Crippen molar-refractivity contribution in [1.29, 1.82) is 0 Å². The number of carbonyl (C=O) groups excluding carboxylic acids is 1. The third kappa shape index (κ3) is 3.10. The summed E-state index contributed by atoms with van der Waals surface area (Å²) in [6.45, 7) is 0. The van der Waals surface area contributed by atoms with Crippen molar-refractivity contribution in [3.63, 3.8) is 0 Å². The third-order valence-corrected chi connectivity index (χ3v) is 3.00. The lowest BCUT2D eigenvalue weighted by Crippen LogP contribution is -2.15. The molecule has 5 nitrogen and oxygen atoms in total. The molecular formula is C8H5ClF3NO4S. The van der Waals surface area contributed by atoms with Crippen molar-refractivity contribution >= 4 is 25.7 Å². The average molecular weight is 304 g/mol. The van der Waals surface area contributed by atoms with Crippen LogP contribution in [-0.2, 0) is 20.0 Å². The Labute approximate surface area is 104 Å². The zero-order valence-electron chi connectivity index (χ0n) is 8.66. The van der Waals surface area contributed by atoms with Crippen molar-refractivity contribution in [2.45, 2.75) is 11.2 Å². The van der Waals surface area contributed by atoms with Gasteiger partial charge in [0.25, 0.3) is 9.05 Å². The molecule has 18 heavy (non-hydrogen) atoms. The largest absolute Gasteiger partial charge is 0.465 e. The Morgan fingerprint density at radius 3 is 2.33 bits per heavy atom. The van der Waals surface area contributed by atoms with Gasteiger partial charge in [-0.2, -0.15) is 13.2 Å². The summed E-state index contributed by atoms with van der Waals surface area (Å²) in [5, 5.41) is -1.19. The van der Waals surface area contributed by atoms with Crippen LogP contribution in [0.5, 0.6) is 0 Å². The van der Waals surface area contributed by atoms with E-state index in [0.29, 0.717) is 12.1 Å². The first kappa shape index (κ1) is 14.7. The van der Waals surface area contributed by atoms with E-state index < -0.39 is 37.5 Å². The molecule has 0 unspecified atom stereocenters. The lowest BCUT2D eigenvalue weighted by molar-refractivity contribution is -0.141. The highest BCUT2D eigenvalue weighted by atomic mass is 35.7. The number of hydrogen-bond donors (Lipinski definition) is 0. The first-order valence-corrected chi connectivity index (χ1v) is 6.49. The normalized spacial score (nSPS) is 12.3. The number of nitrogens with zero attached hydrogens (tertiary/aromatic N) is 1. The highest BCUT2D eigenvalue weighted by Gasteiger charge is 2.35. The van der Waals surface area contributed by atoms with Gasteiger partial charge < -0.3 is 4.74 Å². The molecule has 0 aliphatic heterocycles. The first-order valence-electron chi connectivity index (χ1n) is 4.18. The number of esters is 1. The molecule has 0 aliphatic rings. The molecule has 0 fully saturated rings. The van der Waals surface area contributed by atoms with Crippen LogP contribution in [0.25, 0.3) is 0 Å². The van der Waals surface area contributed by atoms with Gasteiger partial charge in [0.15, 0.2) is 5.03 Å². The Balaban J connectivity index is 3.55. The van der Waals surface area contributed by atoms with Gasteiger partial charge in [0.1, 0.15) is 5.69 Å². The Bertz CT molecular complexity index is 584. The van der Waals surface area contributed by atoms with E-state index in [9.17, 15) is 26.4 Å². The summed E-state index contributed by atoms with van der Waals surface area (Å²) in [5.41, 5.74) is -2.14. The molecule has 0 aromatic carbocycles. The molecule has 0 atom stereocenters. The van der Waals surface area contributed by atoms with Crippen LogP contribution in [-0.4, -0.2) is 26.5 Å². The molecule has 0 amide bonds. The summed E-state index contributed by atoms with van der Waals surface area (Å²) in [4.78, 5) is 14.0. The summed E-state index contributed by atoms with van der Waals surface area (Å²) >= 11 is 0. The second-order valence-electron chi connectivity index (χ2n) is 2.98. The number of halogens is 4. The fourth-order valence-corrected chi connectivity index (χ4v) is 2.02. The number of alkyl halides is 3. The summed E-state index contributed by atoms with van der Waals surface area (Å²) in [6, 6.07) is 1.09. The number of aromatic nitrogens is 1. The lowest BCUT2D eigenvalue weighted by atomic mass is 10.2. The van der Waals surface area contributed by atoms with Crippen molar-refractivity contribution in [3.05, 3.63) is 23.4 Å². The maximum Gasteiger partial charge on any atom is 0.433 e. The fraction of sp³-hybridized carbons (Fsp3) is 0.250. The van der Waals surface area contributed by atoms with Gasteiger partial charge in [-0.3, -0.25) is 0 Å². The van der Waals surface area contributed by atoms with Crippen molar-refractivity contribution in [1.82, 2.24) is 4.98 Å². The number of pyridine rings is 1. The highest BCUT2D eigenvalue weighted by molar-refractivity contribution is 8.13. The van der Waals surface area contributed by atoms with Crippen molar-refractivity contribution < 1.29 is 31.1 Å². The Kier molecular flexibility index (Phi) is 3.86. The van der Waals surface area contributed by atoms with E-state index in [1.165, 1.54) is 0 Å². The second kappa shape index (κ2) is 4.73. The topological polar surface area (TPSA) is 73.3 Å². The van der Waals surface area contributed by atoms with Crippen LogP contribution in [0.3, 0.4) is 0 Å². The van der Waals surface area contributed by atoms with Crippen molar-refractivity contribution in [2.75, 3.05) is 7.11 Å². The Hall–Kier alpha value is -1.35. The van der Waals surface area contributed by atoms with Crippen molar-refractivity contribution in [2.24, 2.45) is 0 Å². The first-order chi connectivity index (χ1) is 8.07. The van der Waals surface area contributed by atoms with Gasteiger partial charge in [0, 0.05) is 10.7 Å².